The Bertz CT molecular complexity index is 229. The smallest absolute Gasteiger partial charge is 0.119 e. The Labute approximate surface area is 63.9 Å². The Hall–Kier alpha value is -0.670. The number of hydrogen-bond acceptors (Lipinski definition) is 3. The normalized spacial score (nSPS) is 11.0. The first-order valence-electron chi connectivity index (χ1n) is 2.92. The maximum Gasteiger partial charge on any atom is 0.119 e. The molecule has 1 N–H and O–H groups in total. The molecule has 0 aliphatic rings. The number of hydrogen-bond donors (Lipinski definition) is 1. The fraction of sp³-hybridized carbons (Fsp3) is 0.286. The molecule has 0 amide bonds. The van der Waals surface area contributed by atoms with Crippen molar-refractivity contribution in [3.63, 3.8) is 0 Å². The van der Waals surface area contributed by atoms with Crippen LogP contribution < -0.4 is 0 Å². The topological polar surface area (TPSA) is 33.1 Å². The number of aromatic nitrogens is 1. The lowest BCUT2D eigenvalue weighted by Crippen LogP contribution is -1.79. The predicted octanol–water partition coefficient (Wildman–Crippen LogP) is 1.47. The van der Waals surface area contributed by atoms with Crippen LogP contribution in [0.15, 0.2) is 5.38 Å². The van der Waals surface area contributed by atoms with Crippen LogP contribution >= 0.6 is 11.3 Å². The molecule has 0 saturated carbocycles. The van der Waals surface area contributed by atoms with Gasteiger partial charge >= 0.3 is 0 Å². The minimum atomic E-state index is 0.0300. The molecule has 1 heterocycles. The summed E-state index contributed by atoms with van der Waals surface area (Å²) in [5.41, 5.74) is 0.872. The number of thiazole rings is 1. The third-order valence-corrected chi connectivity index (χ3v) is 1.85. The van der Waals surface area contributed by atoms with E-state index in [4.69, 9.17) is 5.11 Å². The highest BCUT2D eigenvalue weighted by Gasteiger charge is 1.94. The van der Waals surface area contributed by atoms with Crippen LogP contribution in [0.4, 0.5) is 0 Å². The molecule has 0 saturated heterocycles. The largest absolute Gasteiger partial charge is 0.389 e. The number of nitrogens with zero attached hydrogens (tertiary/aromatic N) is 1. The van der Waals surface area contributed by atoms with Gasteiger partial charge in [-0.05, 0) is 19.1 Å². The van der Waals surface area contributed by atoms with Crippen molar-refractivity contribution >= 4 is 17.4 Å². The molecule has 2 nitrogen and oxygen atoms in total. The second-order valence-corrected chi connectivity index (χ2v) is 2.70. The first-order chi connectivity index (χ1) is 4.86. The maximum atomic E-state index is 8.63. The van der Waals surface area contributed by atoms with Gasteiger partial charge in [0, 0.05) is 5.38 Å². The van der Waals surface area contributed by atoms with E-state index in [0.717, 1.165) is 10.7 Å². The Kier molecular flexibility index (Phi) is 2.59. The van der Waals surface area contributed by atoms with E-state index in [9.17, 15) is 0 Å². The molecule has 1 aromatic rings. The van der Waals surface area contributed by atoms with E-state index >= 15 is 0 Å². The van der Waals surface area contributed by atoms with Crippen molar-refractivity contribution in [1.82, 2.24) is 4.98 Å². The Morgan fingerprint density at radius 1 is 1.90 bits per heavy atom. The third kappa shape index (κ3) is 1.65. The first-order valence-corrected chi connectivity index (χ1v) is 3.80. The van der Waals surface area contributed by atoms with E-state index in [-0.39, 0.29) is 6.61 Å². The molecule has 0 atom stereocenters. The van der Waals surface area contributed by atoms with Crippen LogP contribution in [0.25, 0.3) is 6.08 Å². The molecule has 0 aliphatic carbocycles. The van der Waals surface area contributed by atoms with Crippen molar-refractivity contribution in [2.75, 3.05) is 0 Å². The van der Waals surface area contributed by atoms with Crippen LogP contribution in [0.2, 0.25) is 0 Å². The molecule has 1 radical (unpaired) electrons. The van der Waals surface area contributed by atoms with Crippen LogP contribution in [-0.4, -0.2) is 10.1 Å². The van der Waals surface area contributed by atoms with E-state index in [0.29, 0.717) is 0 Å². The second-order valence-electron chi connectivity index (χ2n) is 1.76. The maximum absolute atomic E-state index is 8.63. The molecule has 10 heavy (non-hydrogen) atoms. The van der Waals surface area contributed by atoms with Gasteiger partial charge in [0.15, 0.2) is 0 Å². The van der Waals surface area contributed by atoms with Gasteiger partial charge in [-0.2, -0.15) is 0 Å². The molecule has 0 unspecified atom stereocenters. The summed E-state index contributed by atoms with van der Waals surface area (Å²) in [6.45, 7) is 1.85. The minimum absolute atomic E-state index is 0.0300. The van der Waals surface area contributed by atoms with Crippen LogP contribution in [-0.2, 0) is 6.61 Å². The summed E-state index contributed by atoms with van der Waals surface area (Å²) >= 11 is 1.46. The van der Waals surface area contributed by atoms with E-state index in [2.05, 4.69) is 11.1 Å². The summed E-state index contributed by atoms with van der Waals surface area (Å²) in [7, 11) is 0. The first kappa shape index (κ1) is 7.44. The van der Waals surface area contributed by atoms with Gasteiger partial charge in [0.2, 0.25) is 0 Å². The number of aliphatic hydroxyl groups excluding tert-OH is 1. The fourth-order valence-electron chi connectivity index (χ4n) is 0.612. The number of allylic oxidation sites excluding steroid dienone is 1. The van der Waals surface area contributed by atoms with Crippen molar-refractivity contribution in [3.05, 3.63) is 22.2 Å². The van der Waals surface area contributed by atoms with E-state index in [1.165, 1.54) is 11.3 Å². The van der Waals surface area contributed by atoms with E-state index < -0.39 is 0 Å². The molecule has 0 aromatic carbocycles. The average molecular weight is 154 g/mol. The van der Waals surface area contributed by atoms with Gasteiger partial charge in [-0.25, -0.2) is 4.98 Å². The van der Waals surface area contributed by atoms with Gasteiger partial charge in [0.1, 0.15) is 5.01 Å². The number of rotatable bonds is 2. The molecule has 0 aliphatic heterocycles. The summed E-state index contributed by atoms with van der Waals surface area (Å²) in [6.07, 6.45) is 4.65. The molecule has 0 spiro atoms. The van der Waals surface area contributed by atoms with E-state index in [1.807, 2.05) is 12.3 Å². The molecule has 3 heteroatoms. The Morgan fingerprint density at radius 2 is 2.70 bits per heavy atom. The van der Waals surface area contributed by atoms with Crippen LogP contribution in [0.3, 0.4) is 0 Å². The van der Waals surface area contributed by atoms with Crippen molar-refractivity contribution < 1.29 is 5.11 Å². The lowest BCUT2D eigenvalue weighted by atomic mass is 10.4. The standard InChI is InChI=1S/C7H8NOS/c1-2-3-6-5-10-7(4-9)8-6/h3,5,9H,4H2,1H3. The van der Waals surface area contributed by atoms with Gasteiger partial charge in [-0.3, -0.25) is 0 Å². The molecule has 53 valence electrons. The minimum Gasteiger partial charge on any atom is -0.389 e. The zero-order valence-electron chi connectivity index (χ0n) is 5.66. The van der Waals surface area contributed by atoms with Gasteiger partial charge < -0.3 is 5.11 Å². The highest BCUT2D eigenvalue weighted by Crippen LogP contribution is 2.09. The molecule has 0 bridgehead atoms. The molecular formula is C7H8NOS. The summed E-state index contributed by atoms with van der Waals surface area (Å²) < 4.78 is 0. The van der Waals surface area contributed by atoms with Crippen molar-refractivity contribution in [2.24, 2.45) is 0 Å². The lowest BCUT2D eigenvalue weighted by Gasteiger charge is -1.81. The van der Waals surface area contributed by atoms with Crippen molar-refractivity contribution in [1.29, 1.82) is 0 Å². The molecule has 1 aromatic heterocycles. The van der Waals surface area contributed by atoms with Gasteiger partial charge in [0.05, 0.1) is 12.3 Å². The lowest BCUT2D eigenvalue weighted by molar-refractivity contribution is 0.281. The van der Waals surface area contributed by atoms with Gasteiger partial charge in [-0.15, -0.1) is 11.3 Å². The molecular weight excluding hydrogens is 146 g/mol. The average Bonchev–Trinajstić information content (AvgIpc) is 2.37. The summed E-state index contributed by atoms with van der Waals surface area (Å²) in [5.74, 6) is 0. The summed E-state index contributed by atoms with van der Waals surface area (Å²) in [4.78, 5) is 4.07. The van der Waals surface area contributed by atoms with Gasteiger partial charge in [-0.1, -0.05) is 0 Å². The van der Waals surface area contributed by atoms with Crippen molar-refractivity contribution in [2.45, 2.75) is 13.5 Å². The summed E-state index contributed by atoms with van der Waals surface area (Å²) in [6, 6.07) is 0. The fourth-order valence-corrected chi connectivity index (χ4v) is 1.22. The van der Waals surface area contributed by atoms with Crippen molar-refractivity contribution in [3.8, 4) is 0 Å². The van der Waals surface area contributed by atoms with E-state index in [1.54, 1.807) is 6.08 Å². The molecule has 1 rings (SSSR count). The highest BCUT2D eigenvalue weighted by atomic mass is 32.1. The Balaban J connectivity index is 2.78. The zero-order valence-corrected chi connectivity index (χ0v) is 6.48. The Morgan fingerprint density at radius 3 is 3.20 bits per heavy atom. The predicted molar refractivity (Wildman–Crippen MR) is 41.4 cm³/mol. The zero-order chi connectivity index (χ0) is 7.40. The summed E-state index contributed by atoms with van der Waals surface area (Å²) in [5, 5.41) is 11.3. The third-order valence-electron chi connectivity index (χ3n) is 0.997. The monoisotopic (exact) mass is 154 g/mol. The van der Waals surface area contributed by atoms with Crippen LogP contribution in [0, 0.1) is 6.08 Å². The van der Waals surface area contributed by atoms with Crippen LogP contribution in [0.1, 0.15) is 17.6 Å². The SMILES string of the molecule is C/[C]=C/c1csc(CO)n1. The quantitative estimate of drug-likeness (QED) is 0.699. The second kappa shape index (κ2) is 3.49. The van der Waals surface area contributed by atoms with Crippen LogP contribution in [0.5, 0.6) is 0 Å². The van der Waals surface area contributed by atoms with Gasteiger partial charge in [0.25, 0.3) is 0 Å². The number of aliphatic hydroxyl groups is 1. The highest BCUT2D eigenvalue weighted by molar-refractivity contribution is 7.09. The molecule has 0 fully saturated rings.